The molecule has 334 valence electrons. The Labute approximate surface area is 372 Å². The van der Waals surface area contributed by atoms with Crippen molar-refractivity contribution in [3.05, 3.63) is 102 Å². The number of alkyl halides is 3. The number of halogens is 3. The minimum absolute atomic E-state index is 0.268. The fraction of sp³-hybridized carbons (Fsp3) is 0.333. The first-order valence-corrected chi connectivity index (χ1v) is 22.1. The highest BCUT2D eigenvalue weighted by atomic mass is 32.1. The second-order valence-electron chi connectivity index (χ2n) is 15.6. The van der Waals surface area contributed by atoms with Crippen LogP contribution in [0.25, 0.3) is 65.1 Å². The van der Waals surface area contributed by atoms with E-state index >= 15 is 0 Å². The smallest absolute Gasteiger partial charge is 0.406 e. The molecule has 8 aromatic rings. The Balaban J connectivity index is 0.700. The van der Waals surface area contributed by atoms with Gasteiger partial charge in [0.1, 0.15) is 17.8 Å². The number of aromatic nitrogens is 4. The molecule has 0 aliphatic carbocycles. The zero-order chi connectivity index (χ0) is 44.6. The van der Waals surface area contributed by atoms with Crippen molar-refractivity contribution in [3.8, 4) is 16.2 Å². The van der Waals surface area contributed by atoms with E-state index in [-0.39, 0.29) is 19.1 Å². The number of pyridine rings is 1. The average Bonchev–Trinajstić information content (AvgIpc) is 3.94. The first kappa shape index (κ1) is 44.7. The van der Waals surface area contributed by atoms with E-state index in [9.17, 15) is 18.0 Å². The van der Waals surface area contributed by atoms with Gasteiger partial charge in [0.2, 0.25) is 0 Å². The molecule has 0 unspecified atom stereocenters. The molecule has 2 N–H and O–H groups in total. The number of hydrogen-bond donors (Lipinski definition) is 2. The lowest BCUT2D eigenvalue weighted by Gasteiger charge is -2.17. The van der Waals surface area contributed by atoms with E-state index in [0.29, 0.717) is 60.4 Å². The van der Waals surface area contributed by atoms with Gasteiger partial charge in [-0.15, -0.1) is 11.3 Å². The topological polar surface area (TPSA) is 125 Å². The summed E-state index contributed by atoms with van der Waals surface area (Å²) in [5, 5.41) is 11.5. The lowest BCUT2D eigenvalue weighted by molar-refractivity contribution is -0.139. The summed E-state index contributed by atoms with van der Waals surface area (Å²) in [6.07, 6.45) is -1.67. The first-order chi connectivity index (χ1) is 31.1. The number of fused-ring (bicyclic) bond motifs is 7. The summed E-state index contributed by atoms with van der Waals surface area (Å²) in [5.74, 6) is 1.18. The van der Waals surface area contributed by atoms with Crippen LogP contribution < -0.4 is 15.4 Å². The quantitative estimate of drug-likeness (QED) is 0.0410. The van der Waals surface area contributed by atoms with Crippen molar-refractivity contribution in [1.29, 1.82) is 0 Å². The Morgan fingerprint density at radius 2 is 1.59 bits per heavy atom. The van der Waals surface area contributed by atoms with Crippen LogP contribution >= 0.6 is 11.3 Å². The summed E-state index contributed by atoms with van der Waals surface area (Å²) < 4.78 is 64.7. The van der Waals surface area contributed by atoms with Crippen molar-refractivity contribution in [2.75, 3.05) is 85.3 Å². The van der Waals surface area contributed by atoms with Gasteiger partial charge in [-0.3, -0.25) is 4.79 Å². The van der Waals surface area contributed by atoms with Crippen LogP contribution in [0.1, 0.15) is 22.3 Å². The Hall–Kier alpha value is -5.91. The zero-order valence-corrected chi connectivity index (χ0v) is 36.8. The van der Waals surface area contributed by atoms with Crippen LogP contribution in [0.3, 0.4) is 0 Å². The van der Waals surface area contributed by atoms with Gasteiger partial charge in [0, 0.05) is 57.9 Å². The zero-order valence-electron chi connectivity index (χ0n) is 36.0. The highest BCUT2D eigenvalue weighted by molar-refractivity contribution is 7.13. The Morgan fingerprint density at radius 3 is 2.38 bits per heavy atom. The molecule has 12 nitrogen and oxygen atoms in total. The summed E-state index contributed by atoms with van der Waals surface area (Å²) in [6, 6.07) is 24.2. The van der Waals surface area contributed by atoms with Crippen molar-refractivity contribution in [1.82, 2.24) is 29.7 Å². The predicted octanol–water partition coefficient (Wildman–Crippen LogP) is 9.26. The third-order valence-electron chi connectivity index (χ3n) is 11.0. The SMILES string of the molecule is COc1ccc2c(ccc3nc4c(C)cnc(NCCCN(C)CCOCCOCCOCCNC(=O)c5ccc6c(c5)c5ccc(-c7cccs7)cc5n6CC(F)(F)F)c4nc32)c1. The minimum Gasteiger partial charge on any atom is -0.497 e. The lowest BCUT2D eigenvalue weighted by Crippen LogP contribution is -2.27. The molecule has 0 aliphatic heterocycles. The van der Waals surface area contributed by atoms with Crippen LogP contribution in [0.5, 0.6) is 5.75 Å². The molecule has 4 heterocycles. The third-order valence-corrected chi connectivity index (χ3v) is 11.9. The number of nitrogens with zero attached hydrogens (tertiary/aromatic N) is 5. The Morgan fingerprint density at radius 1 is 0.797 bits per heavy atom. The lowest BCUT2D eigenvalue weighted by atomic mass is 10.1. The molecule has 4 aromatic carbocycles. The molecule has 0 saturated carbocycles. The number of thiophene rings is 1. The highest BCUT2D eigenvalue weighted by Crippen LogP contribution is 2.36. The van der Waals surface area contributed by atoms with Gasteiger partial charge in [-0.1, -0.05) is 24.3 Å². The van der Waals surface area contributed by atoms with Gasteiger partial charge < -0.3 is 39.0 Å². The molecule has 8 rings (SSSR count). The predicted molar refractivity (Wildman–Crippen MR) is 248 cm³/mol. The van der Waals surface area contributed by atoms with Crippen molar-refractivity contribution in [2.24, 2.45) is 0 Å². The Kier molecular flexibility index (Phi) is 14.2. The van der Waals surface area contributed by atoms with E-state index in [1.54, 1.807) is 31.4 Å². The maximum atomic E-state index is 13.7. The van der Waals surface area contributed by atoms with Crippen LogP contribution in [-0.4, -0.2) is 116 Å². The number of anilines is 1. The summed E-state index contributed by atoms with van der Waals surface area (Å²) in [6.45, 7) is 6.02. The van der Waals surface area contributed by atoms with Gasteiger partial charge in [-0.05, 0) is 103 Å². The van der Waals surface area contributed by atoms with Gasteiger partial charge >= 0.3 is 6.18 Å². The summed E-state index contributed by atoms with van der Waals surface area (Å²) in [5.41, 5.74) is 6.32. The average molecular weight is 894 g/mol. The van der Waals surface area contributed by atoms with Gasteiger partial charge in [0.15, 0.2) is 5.82 Å². The maximum Gasteiger partial charge on any atom is 0.406 e. The molecule has 0 fully saturated rings. The number of ether oxygens (including phenoxy) is 4. The molecule has 0 spiro atoms. The number of nitrogens with one attached hydrogen (secondary N) is 2. The molecular weight excluding hydrogens is 844 g/mol. The van der Waals surface area contributed by atoms with Crippen molar-refractivity contribution >= 4 is 77.7 Å². The number of carbonyl (C=O) groups excluding carboxylic acids is 1. The molecule has 0 atom stereocenters. The second kappa shape index (κ2) is 20.3. The van der Waals surface area contributed by atoms with E-state index in [1.165, 1.54) is 15.9 Å². The minimum atomic E-state index is -4.41. The van der Waals surface area contributed by atoms with E-state index < -0.39 is 12.7 Å². The molecule has 0 radical (unpaired) electrons. The second-order valence-corrected chi connectivity index (χ2v) is 16.5. The normalized spacial score (nSPS) is 12.1. The first-order valence-electron chi connectivity index (χ1n) is 21.2. The fourth-order valence-electron chi connectivity index (χ4n) is 7.76. The monoisotopic (exact) mass is 893 g/mol. The van der Waals surface area contributed by atoms with Crippen LogP contribution in [0.15, 0.2) is 90.4 Å². The fourth-order valence-corrected chi connectivity index (χ4v) is 8.49. The van der Waals surface area contributed by atoms with Crippen molar-refractivity contribution < 1.29 is 36.9 Å². The van der Waals surface area contributed by atoms with Crippen LogP contribution in [0, 0.1) is 6.92 Å². The standard InChI is InChI=1S/C48H50F3N7O5S/c1-31-29-54-46(45-43(31)55-39-13-8-32-26-35(60-3)10-12-36(32)44(39)56-45)52-15-5-17-57(2)18-20-62-22-24-63-23-21-61-19-16-53-47(59)34-9-14-40-38(27-34)37-11-7-33(42-6-4-25-64-42)28-41(37)58(40)30-48(49,50)51/h4,6-14,25-29H,5,15-24,30H2,1-3H3,(H,52,54)(H,53,59). The van der Waals surface area contributed by atoms with E-state index in [2.05, 4.69) is 27.6 Å². The molecule has 0 saturated heterocycles. The largest absolute Gasteiger partial charge is 0.497 e. The number of benzene rings is 4. The van der Waals surface area contributed by atoms with E-state index in [0.717, 1.165) is 86.5 Å². The molecule has 1 amide bonds. The molecule has 4 aromatic heterocycles. The molecule has 0 aliphatic rings. The number of methoxy groups -OCH3 is 1. The number of likely N-dealkylation sites (N-methyl/N-ethyl adjacent to an activating group) is 1. The Bertz CT molecular complexity index is 2890. The molecule has 64 heavy (non-hydrogen) atoms. The molecular formula is C48H50F3N7O5S. The number of aryl methyl sites for hydroxylation is 1. The van der Waals surface area contributed by atoms with Crippen molar-refractivity contribution in [3.63, 3.8) is 0 Å². The van der Waals surface area contributed by atoms with Gasteiger partial charge in [-0.2, -0.15) is 13.2 Å². The molecule has 0 bridgehead atoms. The number of amides is 1. The number of carbonyl (C=O) groups is 1. The third kappa shape index (κ3) is 10.5. The van der Waals surface area contributed by atoms with Gasteiger partial charge in [0.25, 0.3) is 5.91 Å². The number of hydrogen-bond acceptors (Lipinski definition) is 11. The summed E-state index contributed by atoms with van der Waals surface area (Å²) >= 11 is 1.52. The van der Waals surface area contributed by atoms with E-state index in [1.807, 2.05) is 73.1 Å². The van der Waals surface area contributed by atoms with Crippen molar-refractivity contribution in [2.45, 2.75) is 26.1 Å². The van der Waals surface area contributed by atoms with Gasteiger partial charge in [-0.25, -0.2) is 15.0 Å². The number of rotatable bonds is 21. The maximum absolute atomic E-state index is 13.7. The van der Waals surface area contributed by atoms with Crippen LogP contribution in [0.2, 0.25) is 0 Å². The van der Waals surface area contributed by atoms with Crippen LogP contribution in [-0.2, 0) is 20.8 Å². The van der Waals surface area contributed by atoms with Gasteiger partial charge in [0.05, 0.1) is 68.8 Å². The summed E-state index contributed by atoms with van der Waals surface area (Å²) in [4.78, 5) is 30.9. The van der Waals surface area contributed by atoms with Crippen LogP contribution in [0.4, 0.5) is 19.0 Å². The summed E-state index contributed by atoms with van der Waals surface area (Å²) in [7, 11) is 3.73. The molecule has 16 heteroatoms. The van der Waals surface area contributed by atoms with E-state index in [4.69, 9.17) is 28.9 Å². The highest BCUT2D eigenvalue weighted by Gasteiger charge is 2.30.